The van der Waals surface area contributed by atoms with Crippen LogP contribution in [-0.2, 0) is 91.1 Å². The van der Waals surface area contributed by atoms with Gasteiger partial charge in [0.25, 0.3) is 0 Å². The molecule has 0 aliphatic heterocycles. The van der Waals surface area contributed by atoms with Gasteiger partial charge in [0.2, 0.25) is 112 Å². The predicted octanol–water partition coefficient (Wildman–Crippen LogP) is -12.0. The molecule has 0 unspecified atom stereocenters. The first kappa shape index (κ1) is 220. The highest BCUT2D eigenvalue weighted by Crippen LogP contribution is 1.56. The first-order valence-electron chi connectivity index (χ1n) is 28.9. The molecule has 0 radical (unpaired) electrons. The van der Waals surface area contributed by atoms with Crippen LogP contribution in [0.15, 0.2) is 240 Å². The van der Waals surface area contributed by atoms with Gasteiger partial charge in [0.15, 0.2) is 0 Å². The van der Waals surface area contributed by atoms with Gasteiger partial charge >= 0.3 is 0 Å². The molecule has 123 heavy (non-hydrogen) atoms. The van der Waals surface area contributed by atoms with Crippen molar-refractivity contribution in [2.75, 3.05) is 99.5 Å². The molecule has 0 spiro atoms. The molecule has 0 rings (SSSR count). The first-order chi connectivity index (χ1) is 57.1. The highest BCUT2D eigenvalue weighted by atomic mass is 16.3. The van der Waals surface area contributed by atoms with Gasteiger partial charge in [-0.05, 0) is 115 Å². The molecule has 19 amide bonds. The van der Waals surface area contributed by atoms with Crippen LogP contribution in [0.5, 0.6) is 0 Å². The third-order valence-electron chi connectivity index (χ3n) is 3.82. The number of hydrogen-bond donors (Lipinski definition) is 33. The van der Waals surface area contributed by atoms with E-state index in [0.29, 0.717) is 0 Å². The van der Waals surface area contributed by atoms with Crippen molar-refractivity contribution >= 4 is 112 Å². The number of aliphatic hydroxyl groups is 14. The van der Waals surface area contributed by atoms with E-state index in [4.69, 9.17) is 71.5 Å². The summed E-state index contributed by atoms with van der Waals surface area (Å²) in [6.07, 6.45) is 20.1. The van der Waals surface area contributed by atoms with Gasteiger partial charge in [-0.1, -0.05) is 125 Å². The largest absolute Gasteiger partial charge is 0.400 e. The molecule has 0 atom stereocenters. The van der Waals surface area contributed by atoms with Gasteiger partial charge < -0.3 is 180 Å². The Morgan fingerprint density at radius 1 is 0.106 bits per heavy atom. The molecular weight excluding hydrogens is 1650 g/mol. The van der Waals surface area contributed by atoms with Crippen molar-refractivity contribution in [3.63, 3.8) is 0 Å². The number of carbonyl (C=O) groups excluding carboxylic acids is 19. The van der Waals surface area contributed by atoms with E-state index in [1.165, 1.54) is 0 Å². The zero-order chi connectivity index (χ0) is 109. The van der Waals surface area contributed by atoms with E-state index in [1.807, 2.05) is 0 Å². The van der Waals surface area contributed by atoms with Crippen molar-refractivity contribution < 1.29 is 163 Å². The number of rotatable bonds is 19. The topological polar surface area (TPSA) is 1100 Å². The maximum Gasteiger partial charge on any atom is 0.240 e. The zero-order valence-electron chi connectivity index (χ0n) is 72.9. The highest BCUT2D eigenvalue weighted by molar-refractivity contribution is 5.90. The molecule has 0 saturated carbocycles. The summed E-state index contributed by atoms with van der Waals surface area (Å²) in [6, 6.07) is 0. The molecule has 52 heteroatoms. The smallest absolute Gasteiger partial charge is 0.240 e. The molecule has 0 bridgehead atoms. The van der Waals surface area contributed by atoms with Crippen molar-refractivity contribution in [3.05, 3.63) is 240 Å². The van der Waals surface area contributed by atoms with E-state index in [2.05, 4.69) is 234 Å². The molecule has 0 heterocycles. The molecule has 0 aliphatic carbocycles. The summed E-state index contributed by atoms with van der Waals surface area (Å²) in [5.74, 6) is -9.15. The molecule has 0 fully saturated rings. The Kier molecular flexibility index (Phi) is 579. The van der Waals surface area contributed by atoms with Crippen LogP contribution in [0.1, 0.15) is 0 Å². The molecule has 0 aromatic carbocycles. The van der Waals surface area contributed by atoms with E-state index < -0.39 is 112 Å². The van der Waals surface area contributed by atoms with Crippen LogP contribution in [0.3, 0.4) is 0 Å². The lowest BCUT2D eigenvalue weighted by Gasteiger charge is -1.65. The van der Waals surface area contributed by atoms with Gasteiger partial charge in [0.1, 0.15) is 0 Å². The van der Waals surface area contributed by atoms with Gasteiger partial charge in [-0.25, -0.2) is 0 Å². The second kappa shape index (κ2) is 324. The third-order valence-corrected chi connectivity index (χ3v) is 3.82. The minimum Gasteiger partial charge on any atom is -0.400 e. The van der Waals surface area contributed by atoms with Crippen molar-refractivity contribution in [1.29, 1.82) is 0 Å². The van der Waals surface area contributed by atoms with Crippen molar-refractivity contribution in [2.24, 2.45) is 109 Å². The summed E-state index contributed by atoms with van der Waals surface area (Å²) in [4.78, 5) is 180. The minimum atomic E-state index is -0.481. The molecule has 52 N–H and O–H groups in total. The summed E-state index contributed by atoms with van der Waals surface area (Å²) in [5.41, 5.74) is 86.2. The fourth-order valence-corrected chi connectivity index (χ4v) is 0. The summed E-state index contributed by atoms with van der Waals surface area (Å²) < 4.78 is 0. The SMILES string of the molecule is C=CC(N)=O.C=CC(N)=O.C=CC(N)=O.C=CC(N)=O.C=CC(N)=O.C=CC(N)=O.C=CC(N)=O.C=CC(N)=O.C=CC(N)=O.C=CC(N)=O.C=CC(N)=O.C=CC(N)=O.C=CC(N)=O.C=CC(N)=O.C=CC(N)=O.C=CC(N)=O.C=CC(N)=O.C=CC(N)=O.C=CC(N)=O.CO.CO.CO.CO.CO.CO.CO.CO.CO.CO.CO.CO.CO.CO. The minimum absolute atomic E-state index is 0.481. The summed E-state index contributed by atoms with van der Waals surface area (Å²) in [7, 11) is 14.0. The maximum atomic E-state index is 9.47. The molecule has 728 valence electrons. The van der Waals surface area contributed by atoms with Crippen LogP contribution in [0.25, 0.3) is 0 Å². The summed E-state index contributed by atoms with van der Waals surface area (Å²) in [6.45, 7) is 58.6. The van der Waals surface area contributed by atoms with E-state index in [9.17, 15) is 91.1 Å². The van der Waals surface area contributed by atoms with Gasteiger partial charge in [-0.2, -0.15) is 0 Å². The first-order valence-corrected chi connectivity index (χ1v) is 28.9. The zero-order valence-corrected chi connectivity index (χ0v) is 72.9. The Morgan fingerprint density at radius 3 is 0.114 bits per heavy atom. The predicted molar refractivity (Wildman–Crippen MR) is 482 cm³/mol. The lowest BCUT2D eigenvalue weighted by atomic mass is 10.6. The Hall–Kier alpha value is -15.6. The van der Waals surface area contributed by atoms with Crippen molar-refractivity contribution in [1.82, 2.24) is 0 Å². The molecule has 0 aromatic heterocycles. The maximum absolute atomic E-state index is 9.47. The lowest BCUT2D eigenvalue weighted by molar-refractivity contribution is -0.114. The number of hydrogen-bond acceptors (Lipinski definition) is 33. The number of nitrogens with two attached hydrogens (primary N) is 19. The normalized spacial score (nSPS) is 5.63. The molecular formula is C71H151N19O33. The van der Waals surface area contributed by atoms with Crippen LogP contribution in [0.4, 0.5) is 0 Å². The second-order valence-electron chi connectivity index (χ2n) is 11.5. The third kappa shape index (κ3) is 2310. The standard InChI is InChI=1S/19C3H5NO.14CH4O/c19*1-2-3(4)5;14*1-2/h19*2H,1H2,(H2,4,5);14*2H,1H3. The molecule has 0 aromatic rings. The Labute approximate surface area is 721 Å². The van der Waals surface area contributed by atoms with Crippen LogP contribution < -0.4 is 109 Å². The Balaban J connectivity index is -0.0000000221. The van der Waals surface area contributed by atoms with E-state index in [1.54, 1.807) is 0 Å². The molecule has 0 aliphatic rings. The van der Waals surface area contributed by atoms with Crippen LogP contribution >= 0.6 is 0 Å². The number of primary amides is 19. The van der Waals surface area contributed by atoms with Gasteiger partial charge in [0.05, 0.1) is 0 Å². The summed E-state index contributed by atoms with van der Waals surface area (Å²) >= 11 is 0. The number of aliphatic hydroxyl groups excluding tert-OH is 14. The average Bonchev–Trinajstić information content (AvgIpc) is 3.80. The van der Waals surface area contributed by atoms with Crippen LogP contribution in [0.2, 0.25) is 0 Å². The van der Waals surface area contributed by atoms with Crippen LogP contribution in [0, 0.1) is 0 Å². The van der Waals surface area contributed by atoms with Gasteiger partial charge in [-0.15, -0.1) is 0 Å². The van der Waals surface area contributed by atoms with E-state index in [-0.39, 0.29) is 0 Å². The molecule has 52 nitrogen and oxygen atoms in total. The van der Waals surface area contributed by atoms with Crippen molar-refractivity contribution in [2.45, 2.75) is 0 Å². The lowest BCUT2D eigenvalue weighted by Crippen LogP contribution is -2.04. The van der Waals surface area contributed by atoms with Gasteiger partial charge in [-0.3, -0.25) is 91.1 Å². The number of amides is 19. The number of carbonyl (C=O) groups is 19. The van der Waals surface area contributed by atoms with E-state index >= 15 is 0 Å². The van der Waals surface area contributed by atoms with E-state index in [0.717, 1.165) is 215 Å². The second-order valence-corrected chi connectivity index (χ2v) is 11.5. The molecule has 0 saturated heterocycles. The fraction of sp³-hybridized carbons (Fsp3) is 0.197. The highest BCUT2D eigenvalue weighted by Gasteiger charge is 1.77. The average molecular weight is 1800 g/mol. The quantitative estimate of drug-likeness (QED) is 0.0534. The van der Waals surface area contributed by atoms with Gasteiger partial charge in [0, 0.05) is 99.5 Å². The Morgan fingerprint density at radius 2 is 0.114 bits per heavy atom. The fourth-order valence-electron chi connectivity index (χ4n) is 0. The van der Waals surface area contributed by atoms with Crippen molar-refractivity contribution in [3.8, 4) is 0 Å². The Bertz CT molecular complexity index is 1870. The monoisotopic (exact) mass is 1800 g/mol. The summed E-state index contributed by atoms with van der Waals surface area (Å²) in [5, 5.41) is 98.0. The van der Waals surface area contributed by atoms with Crippen LogP contribution in [-0.4, -0.2) is 283 Å².